The average molecular weight is 797 g/mol. The van der Waals surface area contributed by atoms with E-state index in [1.807, 2.05) is 60.7 Å². The quantitative estimate of drug-likeness (QED) is 0.0435. The number of unbranched alkanes of at least 4 members (excludes halogenated alkanes) is 6. The van der Waals surface area contributed by atoms with E-state index >= 15 is 0 Å². The molecule has 0 spiro atoms. The minimum absolute atomic E-state index is 0.0985. The van der Waals surface area contributed by atoms with Crippen LogP contribution in [0.25, 0.3) is 43.1 Å². The number of amides is 6. The first-order valence-electron chi connectivity index (χ1n) is 20.9. The summed E-state index contributed by atoms with van der Waals surface area (Å²) < 4.78 is 0. The van der Waals surface area contributed by atoms with Crippen molar-refractivity contribution in [1.82, 2.24) is 20.4 Å². The zero-order valence-corrected chi connectivity index (χ0v) is 33.2. The maximum atomic E-state index is 14.0. The van der Waals surface area contributed by atoms with Crippen LogP contribution in [0, 0.1) is 0 Å². The van der Waals surface area contributed by atoms with E-state index in [1.54, 1.807) is 48.5 Å². The van der Waals surface area contributed by atoms with Gasteiger partial charge >= 0.3 is 0 Å². The molecule has 10 nitrogen and oxygen atoms in total. The van der Waals surface area contributed by atoms with Gasteiger partial charge in [0.25, 0.3) is 35.4 Å². The Labute approximate surface area is 346 Å². The average Bonchev–Trinajstić information content (AvgIpc) is 3.28. The molecule has 2 aliphatic rings. The normalized spacial score (nSPS) is 13.7. The molecule has 6 amide bonds. The van der Waals surface area contributed by atoms with Crippen LogP contribution in [0.3, 0.4) is 0 Å². The molecule has 0 aliphatic carbocycles. The van der Waals surface area contributed by atoms with Crippen LogP contribution >= 0.6 is 0 Å². The number of nitrogens with zero attached hydrogens (tertiary/aromatic N) is 2. The Morgan fingerprint density at radius 3 is 1.02 bits per heavy atom. The lowest BCUT2D eigenvalue weighted by atomic mass is 9.82. The summed E-state index contributed by atoms with van der Waals surface area (Å²) in [5.74, 6) is -1.44. The molecule has 0 aromatic heterocycles. The molecule has 0 saturated heterocycles. The second-order valence-corrected chi connectivity index (χ2v) is 15.7. The van der Waals surface area contributed by atoms with Gasteiger partial charge in [-0.1, -0.05) is 86.3 Å². The van der Waals surface area contributed by atoms with E-state index in [0.29, 0.717) is 83.2 Å². The van der Waals surface area contributed by atoms with Crippen LogP contribution in [0.2, 0.25) is 0 Å². The lowest BCUT2D eigenvalue weighted by Gasteiger charge is -2.30. The SMILES string of the molecule is O=C(NCCCCCCN1C(=O)c2ccc3c4ccc5c6c(ccc(c7ccc(c2c37)C1=O)c64)C(=O)N(CCCCCCNC(=O)c1ccccc1)C5=O)c1ccccc1. The van der Waals surface area contributed by atoms with Crippen LogP contribution in [-0.4, -0.2) is 71.4 Å². The first-order chi connectivity index (χ1) is 29.3. The zero-order valence-electron chi connectivity index (χ0n) is 33.2. The van der Waals surface area contributed by atoms with Crippen molar-refractivity contribution >= 4 is 78.5 Å². The number of fused-ring (bicyclic) bond motifs is 2. The fourth-order valence-corrected chi connectivity index (χ4v) is 9.06. The highest BCUT2D eigenvalue weighted by molar-refractivity contribution is 6.41. The second-order valence-electron chi connectivity index (χ2n) is 15.7. The summed E-state index contributed by atoms with van der Waals surface area (Å²) in [5, 5.41) is 12.3. The van der Waals surface area contributed by atoms with Crippen LogP contribution < -0.4 is 10.6 Å². The third-order valence-electron chi connectivity index (χ3n) is 12.1. The van der Waals surface area contributed by atoms with Crippen LogP contribution in [0.15, 0.2) is 109 Å². The van der Waals surface area contributed by atoms with Crippen LogP contribution in [0.5, 0.6) is 0 Å². The van der Waals surface area contributed by atoms with Crippen molar-refractivity contribution in [3.05, 3.63) is 143 Å². The Balaban J connectivity index is 0.879. The predicted octanol–water partition coefficient (Wildman–Crippen LogP) is 8.91. The van der Waals surface area contributed by atoms with E-state index < -0.39 is 0 Å². The van der Waals surface area contributed by atoms with Gasteiger partial charge in [0.2, 0.25) is 0 Å². The first kappa shape index (κ1) is 38.6. The van der Waals surface area contributed by atoms with Crippen molar-refractivity contribution in [2.75, 3.05) is 26.2 Å². The number of hydrogen-bond acceptors (Lipinski definition) is 6. The van der Waals surface area contributed by atoms with Crippen molar-refractivity contribution < 1.29 is 28.8 Å². The Morgan fingerprint density at radius 1 is 0.367 bits per heavy atom. The van der Waals surface area contributed by atoms with Crippen LogP contribution in [0.4, 0.5) is 0 Å². The maximum Gasteiger partial charge on any atom is 0.261 e. The summed E-state index contributed by atoms with van der Waals surface area (Å²) in [7, 11) is 0. The van der Waals surface area contributed by atoms with E-state index in [9.17, 15) is 28.8 Å². The molecule has 2 heterocycles. The first-order valence-corrected chi connectivity index (χ1v) is 20.9. The van der Waals surface area contributed by atoms with Gasteiger partial charge in [-0.2, -0.15) is 0 Å². The van der Waals surface area contributed by atoms with Gasteiger partial charge in [0.1, 0.15) is 0 Å². The van der Waals surface area contributed by atoms with Crippen LogP contribution in [-0.2, 0) is 0 Å². The van der Waals surface area contributed by atoms with E-state index in [2.05, 4.69) is 10.6 Å². The third-order valence-corrected chi connectivity index (χ3v) is 12.1. The molecule has 7 aromatic rings. The smallest absolute Gasteiger partial charge is 0.261 e. The molecular weight excluding hydrogens is 753 g/mol. The molecule has 0 atom stereocenters. The molecule has 0 radical (unpaired) electrons. The highest BCUT2D eigenvalue weighted by Gasteiger charge is 2.36. The fourth-order valence-electron chi connectivity index (χ4n) is 9.06. The molecule has 0 fully saturated rings. The third kappa shape index (κ3) is 6.81. The van der Waals surface area contributed by atoms with Crippen molar-refractivity contribution in [2.24, 2.45) is 0 Å². The van der Waals surface area contributed by atoms with Crippen molar-refractivity contribution in [1.29, 1.82) is 0 Å². The lowest BCUT2D eigenvalue weighted by Crippen LogP contribution is -2.41. The molecule has 300 valence electrons. The highest BCUT2D eigenvalue weighted by Crippen LogP contribution is 2.46. The topological polar surface area (TPSA) is 133 Å². The summed E-state index contributed by atoms with van der Waals surface area (Å²) in [4.78, 5) is 83.2. The minimum Gasteiger partial charge on any atom is -0.352 e. The van der Waals surface area contributed by atoms with Gasteiger partial charge in [-0.15, -0.1) is 0 Å². The zero-order chi connectivity index (χ0) is 41.3. The molecule has 2 aliphatic heterocycles. The fraction of sp³-hybridized carbons (Fsp3) is 0.240. The molecule has 9 rings (SSSR count). The molecule has 60 heavy (non-hydrogen) atoms. The Kier molecular flexibility index (Phi) is 10.5. The number of hydrogen-bond donors (Lipinski definition) is 2. The summed E-state index contributed by atoms with van der Waals surface area (Å²) in [6.45, 7) is 1.72. The van der Waals surface area contributed by atoms with Gasteiger partial charge in [-0.3, -0.25) is 38.6 Å². The number of benzene rings is 7. The van der Waals surface area contributed by atoms with Crippen molar-refractivity contribution in [2.45, 2.75) is 51.4 Å². The Bertz CT molecular complexity index is 2540. The molecule has 10 heteroatoms. The minimum atomic E-state index is -0.312. The van der Waals surface area contributed by atoms with E-state index in [1.165, 1.54) is 9.80 Å². The maximum absolute atomic E-state index is 14.0. The van der Waals surface area contributed by atoms with Gasteiger partial charge in [0.05, 0.1) is 0 Å². The largest absolute Gasteiger partial charge is 0.352 e. The second kappa shape index (κ2) is 16.4. The molecule has 0 unspecified atom stereocenters. The molecule has 0 bridgehead atoms. The van der Waals surface area contributed by atoms with Gasteiger partial charge in [-0.25, -0.2) is 0 Å². The summed E-state index contributed by atoms with van der Waals surface area (Å²) in [6.07, 6.45) is 6.24. The van der Waals surface area contributed by atoms with Crippen LogP contribution in [0.1, 0.15) is 114 Å². The monoisotopic (exact) mass is 796 g/mol. The summed E-state index contributed by atoms with van der Waals surface area (Å²) in [6, 6.07) is 33.1. The van der Waals surface area contributed by atoms with Crippen molar-refractivity contribution in [3.63, 3.8) is 0 Å². The van der Waals surface area contributed by atoms with E-state index in [-0.39, 0.29) is 35.4 Å². The van der Waals surface area contributed by atoms with Gasteiger partial charge in [0, 0.05) is 70.3 Å². The number of carbonyl (C=O) groups is 6. The standard InChI is InChI=1S/C50H44N4O6/c55-45(31-15-7-5-8-16-31)51-27-11-1-3-13-29-53-47(57)37-23-19-33-35-21-25-39-44-40(26-22-36(42(35)44)34-20-24-38(48(53)58)43(37)41(33)34)50(60)54(49(39)59)30-14-4-2-12-28-52-46(56)32-17-9-6-10-18-32/h5-10,15-26H,1-4,11-14,27-30H2,(H,51,55)(H,52,56). The molecular formula is C50H44N4O6. The van der Waals surface area contributed by atoms with E-state index in [4.69, 9.17) is 0 Å². The van der Waals surface area contributed by atoms with Crippen molar-refractivity contribution in [3.8, 4) is 0 Å². The number of nitrogens with one attached hydrogen (secondary N) is 2. The Morgan fingerprint density at radius 2 is 0.683 bits per heavy atom. The number of carbonyl (C=O) groups excluding carboxylic acids is 6. The predicted molar refractivity (Wildman–Crippen MR) is 233 cm³/mol. The Hall–Kier alpha value is -6.94. The van der Waals surface area contributed by atoms with E-state index in [0.717, 1.165) is 70.8 Å². The lowest BCUT2D eigenvalue weighted by molar-refractivity contribution is 0.0592. The highest BCUT2D eigenvalue weighted by atomic mass is 16.2. The van der Waals surface area contributed by atoms with Gasteiger partial charge < -0.3 is 10.6 Å². The molecule has 0 saturated carbocycles. The number of rotatable bonds is 16. The van der Waals surface area contributed by atoms with Gasteiger partial charge in [0.15, 0.2) is 0 Å². The number of imide groups is 2. The summed E-state index contributed by atoms with van der Waals surface area (Å²) >= 11 is 0. The summed E-state index contributed by atoms with van der Waals surface area (Å²) in [5.41, 5.74) is 3.20. The molecule has 2 N–H and O–H groups in total. The van der Waals surface area contributed by atoms with Gasteiger partial charge in [-0.05, 0) is 107 Å². The molecule has 7 aromatic carbocycles.